The Balaban J connectivity index is 1.56. The Morgan fingerprint density at radius 3 is 1.39 bits per heavy atom. The third-order valence-corrected chi connectivity index (χ3v) is 4.21. The lowest BCUT2D eigenvalue weighted by molar-refractivity contribution is -0.117. The number of amides is 2. The molecule has 0 aliphatic carbocycles. The number of rotatable bonds is 9. The molecule has 2 N–H and O–H groups in total. The van der Waals surface area contributed by atoms with E-state index in [-0.39, 0.29) is 11.8 Å². The molecule has 0 fully saturated rings. The van der Waals surface area contributed by atoms with Crippen molar-refractivity contribution >= 4 is 24.0 Å². The Hall–Kier alpha value is -3.14. The zero-order chi connectivity index (χ0) is 20.2. The highest BCUT2D eigenvalue weighted by Crippen LogP contribution is 2.05. The summed E-state index contributed by atoms with van der Waals surface area (Å²) in [4.78, 5) is 23.6. The van der Waals surface area contributed by atoms with Crippen LogP contribution >= 0.6 is 0 Å². The first-order chi connectivity index (χ1) is 13.5. The zero-order valence-electron chi connectivity index (χ0n) is 16.6. The van der Waals surface area contributed by atoms with Gasteiger partial charge in [-0.15, -0.1) is 0 Å². The zero-order valence-corrected chi connectivity index (χ0v) is 16.6. The van der Waals surface area contributed by atoms with Crippen LogP contribution in [0.4, 0.5) is 0 Å². The summed E-state index contributed by atoms with van der Waals surface area (Å²) in [6, 6.07) is 16.0. The van der Waals surface area contributed by atoms with Crippen LogP contribution in [0.1, 0.15) is 35.1 Å². The van der Waals surface area contributed by atoms with Crippen LogP contribution in [0.15, 0.2) is 60.7 Å². The average molecular weight is 377 g/mol. The third-order valence-electron chi connectivity index (χ3n) is 4.21. The molecule has 0 saturated heterocycles. The van der Waals surface area contributed by atoms with Crippen molar-refractivity contribution < 1.29 is 9.59 Å². The first-order valence-corrected chi connectivity index (χ1v) is 9.58. The first kappa shape index (κ1) is 21.2. The second-order valence-corrected chi connectivity index (χ2v) is 6.78. The summed E-state index contributed by atoms with van der Waals surface area (Å²) in [7, 11) is 0. The van der Waals surface area contributed by atoms with Crippen molar-refractivity contribution in [2.45, 2.75) is 26.7 Å². The molecule has 0 bridgehead atoms. The number of aryl methyl sites for hydroxylation is 2. The van der Waals surface area contributed by atoms with Crippen molar-refractivity contribution in [2.75, 3.05) is 13.1 Å². The SMILES string of the molecule is Cc1ccc(C=CC(=O)NCCCCNC(=O)/C=C/c2ccc(C)cc2)cc1. The normalized spacial score (nSPS) is 11.1. The quantitative estimate of drug-likeness (QED) is 0.512. The van der Waals surface area contributed by atoms with Gasteiger partial charge < -0.3 is 10.6 Å². The fourth-order valence-electron chi connectivity index (χ4n) is 2.49. The van der Waals surface area contributed by atoms with Gasteiger partial charge in [0.1, 0.15) is 0 Å². The standard InChI is InChI=1S/C24H28N2O2/c1-19-5-9-21(10-6-19)13-15-23(27)25-17-3-4-18-26-24(28)16-14-22-11-7-20(2)8-12-22/h5-16H,3-4,17-18H2,1-2H3,(H,25,27)(H,26,28)/b15-13+,16-14?. The van der Waals surface area contributed by atoms with E-state index in [9.17, 15) is 9.59 Å². The predicted octanol–water partition coefficient (Wildman–Crippen LogP) is 4.04. The molecule has 28 heavy (non-hydrogen) atoms. The van der Waals surface area contributed by atoms with Gasteiger partial charge in [0.2, 0.25) is 11.8 Å². The van der Waals surface area contributed by atoms with Gasteiger partial charge in [0, 0.05) is 25.2 Å². The minimum atomic E-state index is -0.106. The van der Waals surface area contributed by atoms with Crippen molar-refractivity contribution in [3.05, 3.63) is 82.9 Å². The lowest BCUT2D eigenvalue weighted by Gasteiger charge is -2.04. The summed E-state index contributed by atoms with van der Waals surface area (Å²) in [6.07, 6.45) is 8.31. The van der Waals surface area contributed by atoms with Gasteiger partial charge in [-0.1, -0.05) is 59.7 Å². The van der Waals surface area contributed by atoms with Gasteiger partial charge in [-0.2, -0.15) is 0 Å². The topological polar surface area (TPSA) is 58.2 Å². The highest BCUT2D eigenvalue weighted by atomic mass is 16.2. The Labute approximate surface area is 167 Å². The van der Waals surface area contributed by atoms with Gasteiger partial charge in [-0.3, -0.25) is 9.59 Å². The van der Waals surface area contributed by atoms with E-state index in [1.807, 2.05) is 62.4 Å². The van der Waals surface area contributed by atoms with Crippen molar-refractivity contribution in [1.29, 1.82) is 0 Å². The third kappa shape index (κ3) is 8.49. The molecular weight excluding hydrogens is 348 g/mol. The Kier molecular flexibility index (Phi) is 8.73. The van der Waals surface area contributed by atoms with Crippen LogP contribution in [-0.2, 0) is 9.59 Å². The minimum absolute atomic E-state index is 0.106. The highest BCUT2D eigenvalue weighted by Gasteiger charge is 1.97. The van der Waals surface area contributed by atoms with E-state index in [2.05, 4.69) is 10.6 Å². The predicted molar refractivity (Wildman–Crippen MR) is 116 cm³/mol. The lowest BCUT2D eigenvalue weighted by atomic mass is 10.1. The molecule has 0 atom stereocenters. The average Bonchev–Trinajstić information content (AvgIpc) is 2.69. The van der Waals surface area contributed by atoms with E-state index in [4.69, 9.17) is 0 Å². The fourth-order valence-corrected chi connectivity index (χ4v) is 2.49. The van der Waals surface area contributed by atoms with Crippen LogP contribution < -0.4 is 10.6 Å². The molecule has 0 unspecified atom stereocenters. The van der Waals surface area contributed by atoms with E-state index in [0.29, 0.717) is 13.1 Å². The van der Waals surface area contributed by atoms with Crippen LogP contribution in [0.25, 0.3) is 12.2 Å². The van der Waals surface area contributed by atoms with Gasteiger partial charge in [0.15, 0.2) is 0 Å². The van der Waals surface area contributed by atoms with Crippen molar-refractivity contribution in [3.8, 4) is 0 Å². The maximum atomic E-state index is 11.8. The summed E-state index contributed by atoms with van der Waals surface area (Å²) in [5.41, 5.74) is 4.39. The Morgan fingerprint density at radius 2 is 1.04 bits per heavy atom. The van der Waals surface area contributed by atoms with Crippen molar-refractivity contribution in [1.82, 2.24) is 10.6 Å². The Morgan fingerprint density at radius 1 is 0.679 bits per heavy atom. The monoisotopic (exact) mass is 376 g/mol. The molecular formula is C24H28N2O2. The van der Waals surface area contributed by atoms with Gasteiger partial charge in [-0.05, 0) is 50.0 Å². The van der Waals surface area contributed by atoms with Gasteiger partial charge >= 0.3 is 0 Å². The molecule has 2 amide bonds. The number of benzene rings is 2. The van der Waals surface area contributed by atoms with Gasteiger partial charge in [0.05, 0.1) is 0 Å². The summed E-state index contributed by atoms with van der Waals surface area (Å²) < 4.78 is 0. The number of hydrogen-bond donors (Lipinski definition) is 2. The Bertz CT molecular complexity index is 747. The molecule has 2 aromatic rings. The second-order valence-electron chi connectivity index (χ2n) is 6.78. The molecule has 0 spiro atoms. The molecule has 0 aliphatic heterocycles. The number of carbonyl (C=O) groups is 2. The molecule has 2 aromatic carbocycles. The molecule has 4 heteroatoms. The van der Waals surface area contributed by atoms with E-state index in [1.165, 1.54) is 11.1 Å². The summed E-state index contributed by atoms with van der Waals surface area (Å²) in [5.74, 6) is -0.212. The molecule has 0 heterocycles. The van der Waals surface area contributed by atoms with E-state index < -0.39 is 0 Å². The highest BCUT2D eigenvalue weighted by molar-refractivity contribution is 5.92. The molecule has 146 valence electrons. The summed E-state index contributed by atoms with van der Waals surface area (Å²) in [6.45, 7) is 5.24. The van der Waals surface area contributed by atoms with Gasteiger partial charge in [-0.25, -0.2) is 0 Å². The maximum absolute atomic E-state index is 11.8. The first-order valence-electron chi connectivity index (χ1n) is 9.58. The molecule has 4 nitrogen and oxygen atoms in total. The molecule has 0 aromatic heterocycles. The van der Waals surface area contributed by atoms with E-state index >= 15 is 0 Å². The number of carbonyl (C=O) groups excluding carboxylic acids is 2. The van der Waals surface area contributed by atoms with Crippen LogP contribution in [0.3, 0.4) is 0 Å². The lowest BCUT2D eigenvalue weighted by Crippen LogP contribution is -2.25. The summed E-state index contributed by atoms with van der Waals surface area (Å²) in [5, 5.41) is 5.70. The van der Waals surface area contributed by atoms with Crippen molar-refractivity contribution in [2.24, 2.45) is 0 Å². The second kappa shape index (κ2) is 11.5. The number of unbranched alkanes of at least 4 members (excludes halogenated alkanes) is 1. The molecule has 0 aliphatic rings. The molecule has 0 radical (unpaired) electrons. The smallest absolute Gasteiger partial charge is 0.243 e. The molecule has 2 rings (SSSR count). The number of nitrogens with one attached hydrogen (secondary N) is 2. The van der Waals surface area contributed by atoms with Crippen LogP contribution in [0, 0.1) is 13.8 Å². The molecule has 0 saturated carbocycles. The minimum Gasteiger partial charge on any atom is -0.353 e. The van der Waals surface area contributed by atoms with Gasteiger partial charge in [0.25, 0.3) is 0 Å². The van der Waals surface area contributed by atoms with E-state index in [1.54, 1.807) is 24.3 Å². The van der Waals surface area contributed by atoms with Crippen molar-refractivity contribution in [3.63, 3.8) is 0 Å². The summed E-state index contributed by atoms with van der Waals surface area (Å²) >= 11 is 0. The maximum Gasteiger partial charge on any atom is 0.243 e. The number of hydrogen-bond acceptors (Lipinski definition) is 2. The largest absolute Gasteiger partial charge is 0.353 e. The van der Waals surface area contributed by atoms with Crippen LogP contribution in [0.2, 0.25) is 0 Å². The van der Waals surface area contributed by atoms with Crippen LogP contribution in [0.5, 0.6) is 0 Å². The van der Waals surface area contributed by atoms with Crippen LogP contribution in [-0.4, -0.2) is 24.9 Å². The van der Waals surface area contributed by atoms with E-state index in [0.717, 1.165) is 24.0 Å². The fraction of sp³-hybridized carbons (Fsp3) is 0.250.